The molecule has 0 spiro atoms. The molecule has 1 N–H and O–H groups in total. The highest BCUT2D eigenvalue weighted by atomic mass is 79.9. The SMILES string of the molecule is O/N=C(\c1cc2cc(Br)cc(Br)c2o1)c1ccc(Cl)cc1Cl. The molecule has 112 valence electrons. The molecule has 3 rings (SSSR count). The van der Waals surface area contributed by atoms with Crippen molar-refractivity contribution in [3.63, 3.8) is 0 Å². The van der Waals surface area contributed by atoms with Gasteiger partial charge in [0.15, 0.2) is 11.5 Å². The van der Waals surface area contributed by atoms with Gasteiger partial charge in [-0.15, -0.1) is 0 Å². The van der Waals surface area contributed by atoms with Gasteiger partial charge in [-0.05, 0) is 52.3 Å². The monoisotopic (exact) mass is 461 g/mol. The van der Waals surface area contributed by atoms with Gasteiger partial charge in [-0.25, -0.2) is 0 Å². The minimum absolute atomic E-state index is 0.237. The summed E-state index contributed by atoms with van der Waals surface area (Å²) in [5.41, 5.74) is 1.42. The van der Waals surface area contributed by atoms with Crippen molar-refractivity contribution in [2.45, 2.75) is 0 Å². The summed E-state index contributed by atoms with van der Waals surface area (Å²) in [4.78, 5) is 0. The molecule has 0 bridgehead atoms. The molecule has 22 heavy (non-hydrogen) atoms. The Hall–Kier alpha value is -1.01. The summed E-state index contributed by atoms with van der Waals surface area (Å²) in [6, 6.07) is 10.5. The molecule has 0 aliphatic heterocycles. The molecule has 0 atom stereocenters. The number of hydrogen-bond donors (Lipinski definition) is 1. The molecule has 3 nitrogen and oxygen atoms in total. The van der Waals surface area contributed by atoms with E-state index in [1.165, 1.54) is 0 Å². The first-order valence-corrected chi connectivity index (χ1v) is 8.40. The van der Waals surface area contributed by atoms with Crippen LogP contribution >= 0.6 is 55.1 Å². The lowest BCUT2D eigenvalue weighted by Gasteiger charge is -2.04. The van der Waals surface area contributed by atoms with Gasteiger partial charge in [-0.2, -0.15) is 0 Å². The number of halogens is 4. The van der Waals surface area contributed by atoms with Crippen LogP contribution in [0.25, 0.3) is 11.0 Å². The Bertz CT molecular complexity index is 906. The van der Waals surface area contributed by atoms with Crippen molar-refractivity contribution in [2.75, 3.05) is 0 Å². The highest BCUT2D eigenvalue weighted by Crippen LogP contribution is 2.33. The topological polar surface area (TPSA) is 45.7 Å². The third-order valence-corrected chi connectivity index (χ3v) is 4.65. The summed E-state index contributed by atoms with van der Waals surface area (Å²) in [7, 11) is 0. The molecule has 0 saturated carbocycles. The lowest BCUT2D eigenvalue weighted by Crippen LogP contribution is -2.02. The van der Waals surface area contributed by atoms with E-state index in [0.717, 1.165) is 14.3 Å². The van der Waals surface area contributed by atoms with E-state index >= 15 is 0 Å². The third-order valence-electron chi connectivity index (χ3n) is 3.06. The Kier molecular flexibility index (Phi) is 4.50. The average Bonchev–Trinajstić information content (AvgIpc) is 2.86. The van der Waals surface area contributed by atoms with Crippen LogP contribution in [0.4, 0.5) is 0 Å². The maximum Gasteiger partial charge on any atom is 0.157 e. The summed E-state index contributed by atoms with van der Waals surface area (Å²) in [6.07, 6.45) is 0. The first-order chi connectivity index (χ1) is 10.5. The third kappa shape index (κ3) is 2.91. The van der Waals surface area contributed by atoms with Crippen LogP contribution in [0.15, 0.2) is 54.9 Å². The van der Waals surface area contributed by atoms with E-state index in [0.29, 0.717) is 27.0 Å². The van der Waals surface area contributed by atoms with Gasteiger partial charge < -0.3 is 9.62 Å². The van der Waals surface area contributed by atoms with Gasteiger partial charge >= 0.3 is 0 Å². The number of oxime groups is 1. The predicted octanol–water partition coefficient (Wildman–Crippen LogP) is 6.49. The lowest BCUT2D eigenvalue weighted by atomic mass is 10.1. The van der Waals surface area contributed by atoms with Crippen molar-refractivity contribution < 1.29 is 9.62 Å². The maximum absolute atomic E-state index is 9.39. The van der Waals surface area contributed by atoms with E-state index < -0.39 is 0 Å². The molecule has 0 saturated heterocycles. The van der Waals surface area contributed by atoms with Crippen LogP contribution in [0.3, 0.4) is 0 Å². The smallest absolute Gasteiger partial charge is 0.157 e. The van der Waals surface area contributed by atoms with Gasteiger partial charge in [0.05, 0.1) is 9.50 Å². The van der Waals surface area contributed by atoms with Crippen LogP contribution in [0, 0.1) is 0 Å². The van der Waals surface area contributed by atoms with E-state index in [9.17, 15) is 5.21 Å². The van der Waals surface area contributed by atoms with Crippen LogP contribution in [0.5, 0.6) is 0 Å². The van der Waals surface area contributed by atoms with Crippen LogP contribution in [-0.4, -0.2) is 10.9 Å². The molecule has 0 amide bonds. The van der Waals surface area contributed by atoms with E-state index in [1.807, 2.05) is 12.1 Å². The average molecular weight is 464 g/mol. The van der Waals surface area contributed by atoms with Gasteiger partial charge in [0.2, 0.25) is 0 Å². The molecule has 7 heteroatoms. The number of nitrogens with zero attached hydrogens (tertiary/aromatic N) is 1. The van der Waals surface area contributed by atoms with Crippen molar-refractivity contribution in [3.8, 4) is 0 Å². The summed E-state index contributed by atoms with van der Waals surface area (Å²) >= 11 is 18.9. The second-order valence-electron chi connectivity index (χ2n) is 4.49. The van der Waals surface area contributed by atoms with Crippen molar-refractivity contribution in [1.29, 1.82) is 0 Å². The highest BCUT2D eigenvalue weighted by Gasteiger charge is 2.18. The lowest BCUT2D eigenvalue weighted by molar-refractivity contribution is 0.318. The summed E-state index contributed by atoms with van der Waals surface area (Å²) < 4.78 is 7.50. The van der Waals surface area contributed by atoms with Crippen molar-refractivity contribution in [1.82, 2.24) is 0 Å². The molecule has 0 radical (unpaired) electrons. The van der Waals surface area contributed by atoms with E-state index in [4.69, 9.17) is 27.6 Å². The van der Waals surface area contributed by atoms with E-state index in [1.54, 1.807) is 24.3 Å². The molecule has 1 aromatic heterocycles. The standard InChI is InChI=1S/C15H7Br2Cl2NO2/c16-8-3-7-4-13(22-15(7)11(17)5-8)14(20-21)10-2-1-9(18)6-12(10)19/h1-6,21H/b20-14-. The van der Waals surface area contributed by atoms with Crippen LogP contribution in [0.1, 0.15) is 11.3 Å². The summed E-state index contributed by atoms with van der Waals surface area (Å²) in [5, 5.41) is 14.5. The van der Waals surface area contributed by atoms with Gasteiger partial charge in [0, 0.05) is 20.4 Å². The second-order valence-corrected chi connectivity index (χ2v) is 7.10. The zero-order valence-corrected chi connectivity index (χ0v) is 15.5. The minimum Gasteiger partial charge on any atom is -0.453 e. The normalized spacial score (nSPS) is 12.1. The largest absolute Gasteiger partial charge is 0.453 e. The Labute approximate surface area is 152 Å². The molecule has 3 aromatic rings. The molecule has 0 fully saturated rings. The molecule has 0 aliphatic rings. The van der Waals surface area contributed by atoms with Gasteiger partial charge in [-0.3, -0.25) is 0 Å². The van der Waals surface area contributed by atoms with Crippen molar-refractivity contribution in [2.24, 2.45) is 5.16 Å². The molecule has 0 unspecified atom stereocenters. The Balaban J connectivity index is 2.18. The molecule has 2 aromatic carbocycles. The minimum atomic E-state index is 0.237. The molecule has 0 aliphatic carbocycles. The first kappa shape index (κ1) is 15.9. The number of furan rings is 1. The van der Waals surface area contributed by atoms with Crippen LogP contribution in [-0.2, 0) is 0 Å². The number of hydrogen-bond acceptors (Lipinski definition) is 3. The van der Waals surface area contributed by atoms with Gasteiger partial charge in [0.1, 0.15) is 5.58 Å². The fraction of sp³-hybridized carbons (Fsp3) is 0. The second kappa shape index (κ2) is 6.24. The quantitative estimate of drug-likeness (QED) is 0.268. The zero-order chi connectivity index (χ0) is 15.9. The predicted molar refractivity (Wildman–Crippen MR) is 95.5 cm³/mol. The molecular formula is C15H7Br2Cl2NO2. The van der Waals surface area contributed by atoms with Gasteiger partial charge in [0.25, 0.3) is 0 Å². The van der Waals surface area contributed by atoms with Crippen molar-refractivity contribution >= 4 is 71.7 Å². The maximum atomic E-state index is 9.39. The number of fused-ring (bicyclic) bond motifs is 1. The highest BCUT2D eigenvalue weighted by molar-refractivity contribution is 9.11. The number of rotatable bonds is 2. The van der Waals surface area contributed by atoms with Crippen LogP contribution in [0.2, 0.25) is 10.0 Å². The molecule has 1 heterocycles. The number of benzene rings is 2. The van der Waals surface area contributed by atoms with E-state index in [2.05, 4.69) is 37.0 Å². The fourth-order valence-corrected chi connectivity index (χ4v) is 3.95. The van der Waals surface area contributed by atoms with E-state index in [-0.39, 0.29) is 5.71 Å². The summed E-state index contributed by atoms with van der Waals surface area (Å²) in [5.74, 6) is 0.403. The van der Waals surface area contributed by atoms with Crippen LogP contribution < -0.4 is 0 Å². The fourth-order valence-electron chi connectivity index (χ4n) is 2.11. The summed E-state index contributed by atoms with van der Waals surface area (Å²) in [6.45, 7) is 0. The Morgan fingerprint density at radius 3 is 2.55 bits per heavy atom. The Morgan fingerprint density at radius 1 is 1.09 bits per heavy atom. The Morgan fingerprint density at radius 2 is 1.86 bits per heavy atom. The molecular weight excluding hydrogens is 457 g/mol. The van der Waals surface area contributed by atoms with Gasteiger partial charge in [-0.1, -0.05) is 44.3 Å². The van der Waals surface area contributed by atoms with Crippen molar-refractivity contribution in [3.05, 3.63) is 66.7 Å². The zero-order valence-electron chi connectivity index (χ0n) is 10.8. The first-order valence-electron chi connectivity index (χ1n) is 6.06.